The molecule has 0 aliphatic carbocycles. The minimum Gasteiger partial charge on any atom is -0.434 e. The van der Waals surface area contributed by atoms with Gasteiger partial charge in [0.15, 0.2) is 5.13 Å². The summed E-state index contributed by atoms with van der Waals surface area (Å²) in [7, 11) is 0. The Morgan fingerprint density at radius 1 is 1.42 bits per heavy atom. The van der Waals surface area contributed by atoms with E-state index in [-0.39, 0.29) is 11.3 Å². The van der Waals surface area contributed by atoms with Crippen LogP contribution in [0.5, 0.6) is 5.75 Å². The second-order valence-corrected chi connectivity index (χ2v) is 4.48. The van der Waals surface area contributed by atoms with E-state index in [9.17, 15) is 13.6 Å². The molecule has 1 amide bonds. The molecule has 0 spiro atoms. The molecule has 2 aromatic rings. The number of nitrogens with one attached hydrogen (secondary N) is 1. The summed E-state index contributed by atoms with van der Waals surface area (Å²) in [4.78, 5) is 16.0. The first kappa shape index (κ1) is 13.4. The molecule has 1 N–H and O–H groups in total. The molecule has 7 heteroatoms. The Hall–Kier alpha value is -2.02. The lowest BCUT2D eigenvalue weighted by Crippen LogP contribution is -2.14. The van der Waals surface area contributed by atoms with Crippen LogP contribution in [0.3, 0.4) is 0 Å². The minimum atomic E-state index is -2.98. The minimum absolute atomic E-state index is 0.0376. The van der Waals surface area contributed by atoms with E-state index in [0.29, 0.717) is 5.13 Å². The van der Waals surface area contributed by atoms with Crippen LogP contribution in [-0.2, 0) is 0 Å². The maximum Gasteiger partial charge on any atom is 0.387 e. The smallest absolute Gasteiger partial charge is 0.387 e. The van der Waals surface area contributed by atoms with E-state index in [1.807, 2.05) is 0 Å². The van der Waals surface area contributed by atoms with Crippen LogP contribution >= 0.6 is 11.3 Å². The molecular formula is C12H10F2N2O2S. The highest BCUT2D eigenvalue weighted by molar-refractivity contribution is 7.13. The molecule has 0 aliphatic heterocycles. The molecule has 1 aromatic carbocycles. The van der Waals surface area contributed by atoms with Gasteiger partial charge in [-0.2, -0.15) is 8.78 Å². The van der Waals surface area contributed by atoms with E-state index in [1.165, 1.54) is 29.5 Å². The van der Waals surface area contributed by atoms with Gasteiger partial charge in [0.2, 0.25) is 0 Å². The van der Waals surface area contributed by atoms with Crippen molar-refractivity contribution in [3.63, 3.8) is 0 Å². The quantitative estimate of drug-likeness (QED) is 0.937. The van der Waals surface area contributed by atoms with Gasteiger partial charge in [-0.15, -0.1) is 11.3 Å². The Morgan fingerprint density at radius 2 is 2.16 bits per heavy atom. The highest BCUT2D eigenvalue weighted by atomic mass is 32.1. The van der Waals surface area contributed by atoms with Gasteiger partial charge in [-0.25, -0.2) is 4.98 Å². The molecule has 1 heterocycles. The number of carbonyl (C=O) groups is 1. The third-order valence-corrected chi connectivity index (χ3v) is 3.06. The van der Waals surface area contributed by atoms with E-state index in [2.05, 4.69) is 15.0 Å². The molecule has 2 rings (SSSR count). The fraction of sp³-hybridized carbons (Fsp3) is 0.167. The summed E-state index contributed by atoms with van der Waals surface area (Å²) in [5.41, 5.74) is 0.813. The van der Waals surface area contributed by atoms with Gasteiger partial charge in [-0.3, -0.25) is 10.1 Å². The first-order chi connectivity index (χ1) is 9.06. The van der Waals surface area contributed by atoms with Crippen LogP contribution in [0, 0.1) is 6.92 Å². The monoisotopic (exact) mass is 284 g/mol. The van der Waals surface area contributed by atoms with E-state index in [0.717, 1.165) is 5.69 Å². The largest absolute Gasteiger partial charge is 0.434 e. The molecule has 0 saturated heterocycles. The average molecular weight is 284 g/mol. The second kappa shape index (κ2) is 5.75. The number of para-hydroxylation sites is 1. The Bertz CT molecular complexity index is 587. The molecule has 1 aromatic heterocycles. The third-order valence-electron chi connectivity index (χ3n) is 2.19. The number of halogens is 2. The number of aromatic nitrogens is 1. The maximum atomic E-state index is 12.2. The van der Waals surface area contributed by atoms with Crippen molar-refractivity contribution >= 4 is 22.4 Å². The fourth-order valence-electron chi connectivity index (χ4n) is 1.43. The lowest BCUT2D eigenvalue weighted by Gasteiger charge is -2.09. The normalized spacial score (nSPS) is 10.5. The first-order valence-corrected chi connectivity index (χ1v) is 6.21. The maximum absolute atomic E-state index is 12.2. The number of nitrogens with zero attached hydrogens (tertiary/aromatic N) is 1. The van der Waals surface area contributed by atoms with Crippen molar-refractivity contribution in [2.75, 3.05) is 5.32 Å². The molecule has 19 heavy (non-hydrogen) atoms. The molecule has 0 fully saturated rings. The number of anilines is 1. The van der Waals surface area contributed by atoms with Crippen LogP contribution in [0.4, 0.5) is 13.9 Å². The van der Waals surface area contributed by atoms with Crippen molar-refractivity contribution in [2.24, 2.45) is 0 Å². The number of hydrogen-bond acceptors (Lipinski definition) is 4. The molecule has 4 nitrogen and oxygen atoms in total. The molecule has 0 bridgehead atoms. The van der Waals surface area contributed by atoms with Crippen molar-refractivity contribution in [1.82, 2.24) is 4.98 Å². The standard InChI is InChI=1S/C12H10F2N2O2S/c1-7-6-19-12(15-7)16-10(17)8-4-2-3-5-9(8)18-11(13)14/h2-6,11H,1H3,(H,15,16,17). The number of hydrogen-bond donors (Lipinski definition) is 1. The summed E-state index contributed by atoms with van der Waals surface area (Å²) in [6.45, 7) is -1.18. The van der Waals surface area contributed by atoms with Crippen molar-refractivity contribution in [3.05, 3.63) is 40.9 Å². The Labute approximate surface area is 112 Å². The van der Waals surface area contributed by atoms with Crippen LogP contribution in [0.2, 0.25) is 0 Å². The van der Waals surface area contributed by atoms with Crippen molar-refractivity contribution in [1.29, 1.82) is 0 Å². The van der Waals surface area contributed by atoms with Gasteiger partial charge in [-0.05, 0) is 19.1 Å². The van der Waals surface area contributed by atoms with Crippen molar-refractivity contribution in [3.8, 4) is 5.75 Å². The number of ether oxygens (including phenoxy) is 1. The summed E-state index contributed by atoms with van der Waals surface area (Å²) in [6, 6.07) is 5.81. The molecule has 0 saturated carbocycles. The zero-order chi connectivity index (χ0) is 13.8. The van der Waals surface area contributed by atoms with Gasteiger partial charge in [-0.1, -0.05) is 12.1 Å². The van der Waals surface area contributed by atoms with Crippen LogP contribution in [0.1, 0.15) is 16.1 Å². The molecule has 0 radical (unpaired) electrons. The summed E-state index contributed by atoms with van der Waals surface area (Å²) in [5.74, 6) is -0.700. The predicted octanol–water partition coefficient (Wildman–Crippen LogP) is 3.31. The lowest BCUT2D eigenvalue weighted by molar-refractivity contribution is -0.0501. The van der Waals surface area contributed by atoms with E-state index in [4.69, 9.17) is 0 Å². The molecule has 0 atom stereocenters. The molecule has 0 aliphatic rings. The zero-order valence-electron chi connectivity index (χ0n) is 9.89. The highest BCUT2D eigenvalue weighted by Crippen LogP contribution is 2.22. The summed E-state index contributed by atoms with van der Waals surface area (Å²) in [5, 5.41) is 4.72. The third kappa shape index (κ3) is 3.47. The Kier molecular flexibility index (Phi) is 4.06. The van der Waals surface area contributed by atoms with Gasteiger partial charge in [0.1, 0.15) is 5.75 Å². The van der Waals surface area contributed by atoms with Crippen LogP contribution < -0.4 is 10.1 Å². The van der Waals surface area contributed by atoms with E-state index < -0.39 is 12.5 Å². The Balaban J connectivity index is 2.18. The summed E-state index contributed by atoms with van der Waals surface area (Å²) in [6.07, 6.45) is 0. The molecule has 100 valence electrons. The van der Waals surface area contributed by atoms with Gasteiger partial charge in [0.25, 0.3) is 5.91 Å². The van der Waals surface area contributed by atoms with Crippen molar-refractivity contribution in [2.45, 2.75) is 13.5 Å². The lowest BCUT2D eigenvalue weighted by atomic mass is 10.2. The summed E-state index contributed by atoms with van der Waals surface area (Å²) < 4.78 is 28.8. The SMILES string of the molecule is Cc1csc(NC(=O)c2ccccc2OC(F)F)n1. The van der Waals surface area contributed by atoms with E-state index in [1.54, 1.807) is 18.4 Å². The molecular weight excluding hydrogens is 274 g/mol. The first-order valence-electron chi connectivity index (χ1n) is 5.33. The number of carbonyl (C=O) groups excluding carboxylic acids is 1. The van der Waals surface area contributed by atoms with Crippen molar-refractivity contribution < 1.29 is 18.3 Å². The number of benzene rings is 1. The second-order valence-electron chi connectivity index (χ2n) is 3.62. The number of thiazole rings is 1. The predicted molar refractivity (Wildman–Crippen MR) is 67.9 cm³/mol. The van der Waals surface area contributed by atoms with Crippen LogP contribution in [-0.4, -0.2) is 17.5 Å². The highest BCUT2D eigenvalue weighted by Gasteiger charge is 2.16. The number of alkyl halides is 2. The fourth-order valence-corrected chi connectivity index (χ4v) is 2.11. The zero-order valence-corrected chi connectivity index (χ0v) is 10.7. The number of rotatable bonds is 4. The van der Waals surface area contributed by atoms with Gasteiger partial charge >= 0.3 is 6.61 Å². The number of aryl methyl sites for hydroxylation is 1. The molecule has 0 unspecified atom stereocenters. The topological polar surface area (TPSA) is 51.2 Å². The van der Waals surface area contributed by atoms with Crippen LogP contribution in [0.15, 0.2) is 29.6 Å². The Morgan fingerprint density at radius 3 is 2.79 bits per heavy atom. The van der Waals surface area contributed by atoms with Crippen LogP contribution in [0.25, 0.3) is 0 Å². The van der Waals surface area contributed by atoms with Gasteiger partial charge in [0, 0.05) is 5.38 Å². The summed E-state index contributed by atoms with van der Waals surface area (Å²) >= 11 is 1.26. The van der Waals surface area contributed by atoms with Gasteiger partial charge < -0.3 is 4.74 Å². The van der Waals surface area contributed by atoms with Gasteiger partial charge in [0.05, 0.1) is 11.3 Å². The van der Waals surface area contributed by atoms with E-state index >= 15 is 0 Å². The average Bonchev–Trinajstić information content (AvgIpc) is 2.74. The number of amides is 1.